The summed E-state index contributed by atoms with van der Waals surface area (Å²) < 4.78 is 14.9. The number of carbonyl (C=O) groups excluding carboxylic acids is 1. The molecule has 1 aromatic heterocycles. The van der Waals surface area contributed by atoms with Crippen molar-refractivity contribution < 1.29 is 9.18 Å². The molecule has 0 unspecified atom stereocenters. The Hall–Kier alpha value is -2.89. The lowest BCUT2D eigenvalue weighted by molar-refractivity contribution is -0.132. The number of rotatable bonds is 3. The normalized spacial score (nSPS) is 14.9. The summed E-state index contributed by atoms with van der Waals surface area (Å²) in [5.74, 6) is -0.132. The molecule has 0 atom stereocenters. The van der Waals surface area contributed by atoms with Gasteiger partial charge in [0, 0.05) is 31.9 Å². The zero-order valence-corrected chi connectivity index (χ0v) is 13.8. The highest BCUT2D eigenvalue weighted by Crippen LogP contribution is 2.17. The van der Waals surface area contributed by atoms with Gasteiger partial charge in [-0.2, -0.15) is 0 Å². The molecule has 3 aromatic rings. The first-order valence-electron chi connectivity index (χ1n) is 8.39. The summed E-state index contributed by atoms with van der Waals surface area (Å²) in [4.78, 5) is 21.0. The molecule has 1 amide bonds. The Kier molecular flexibility index (Phi) is 4.09. The number of anilines is 1. The van der Waals surface area contributed by atoms with Crippen molar-refractivity contribution in [3.05, 3.63) is 60.7 Å². The van der Waals surface area contributed by atoms with Crippen molar-refractivity contribution in [1.29, 1.82) is 0 Å². The van der Waals surface area contributed by atoms with Gasteiger partial charge in [-0.05, 0) is 36.4 Å². The third-order valence-electron chi connectivity index (χ3n) is 4.66. The largest absolute Gasteiger partial charge is 0.368 e. The molecule has 0 N–H and O–H groups in total. The van der Waals surface area contributed by atoms with Gasteiger partial charge in [0.15, 0.2) is 0 Å². The molecule has 1 aliphatic heterocycles. The van der Waals surface area contributed by atoms with Crippen LogP contribution in [0.15, 0.2) is 54.9 Å². The number of piperazine rings is 1. The smallest absolute Gasteiger partial charge is 0.242 e. The van der Waals surface area contributed by atoms with Crippen molar-refractivity contribution in [3.63, 3.8) is 0 Å². The summed E-state index contributed by atoms with van der Waals surface area (Å²) in [5.41, 5.74) is 2.87. The van der Waals surface area contributed by atoms with Crippen molar-refractivity contribution in [2.45, 2.75) is 6.54 Å². The number of aromatic nitrogens is 2. The quantitative estimate of drug-likeness (QED) is 0.737. The Morgan fingerprint density at radius 1 is 1.00 bits per heavy atom. The van der Waals surface area contributed by atoms with E-state index in [1.165, 1.54) is 12.1 Å². The third-order valence-corrected chi connectivity index (χ3v) is 4.66. The molecule has 4 rings (SSSR count). The first kappa shape index (κ1) is 15.6. The lowest BCUT2D eigenvalue weighted by Gasteiger charge is -2.36. The maximum atomic E-state index is 13.0. The van der Waals surface area contributed by atoms with Crippen molar-refractivity contribution >= 4 is 22.6 Å². The number of benzene rings is 2. The molecular weight excluding hydrogens is 319 g/mol. The van der Waals surface area contributed by atoms with Crippen LogP contribution < -0.4 is 4.90 Å². The average molecular weight is 338 g/mol. The van der Waals surface area contributed by atoms with E-state index < -0.39 is 0 Å². The molecule has 0 spiro atoms. The van der Waals surface area contributed by atoms with Crippen LogP contribution in [0.1, 0.15) is 0 Å². The fraction of sp³-hybridized carbons (Fsp3) is 0.263. The molecule has 0 saturated carbocycles. The van der Waals surface area contributed by atoms with Crippen LogP contribution in [0.4, 0.5) is 10.1 Å². The summed E-state index contributed by atoms with van der Waals surface area (Å²) in [7, 11) is 0. The monoisotopic (exact) mass is 338 g/mol. The number of amides is 1. The Labute approximate surface area is 145 Å². The van der Waals surface area contributed by atoms with Gasteiger partial charge in [0.1, 0.15) is 12.4 Å². The van der Waals surface area contributed by atoms with E-state index in [4.69, 9.17) is 0 Å². The fourth-order valence-corrected chi connectivity index (χ4v) is 3.25. The van der Waals surface area contributed by atoms with Gasteiger partial charge in [0.05, 0.1) is 17.4 Å². The van der Waals surface area contributed by atoms with Gasteiger partial charge in [-0.15, -0.1) is 0 Å². The summed E-state index contributed by atoms with van der Waals surface area (Å²) in [6, 6.07) is 14.3. The molecule has 2 heterocycles. The van der Waals surface area contributed by atoms with Crippen LogP contribution in [0, 0.1) is 5.82 Å². The maximum absolute atomic E-state index is 13.0. The Morgan fingerprint density at radius 2 is 1.72 bits per heavy atom. The maximum Gasteiger partial charge on any atom is 0.242 e. The van der Waals surface area contributed by atoms with E-state index in [1.54, 1.807) is 18.5 Å². The number of hydrogen-bond donors (Lipinski definition) is 0. The number of imidazole rings is 1. The molecule has 0 radical (unpaired) electrons. The van der Waals surface area contributed by atoms with Gasteiger partial charge >= 0.3 is 0 Å². The van der Waals surface area contributed by atoms with Crippen molar-refractivity contribution in [2.24, 2.45) is 0 Å². The van der Waals surface area contributed by atoms with Crippen LogP contribution in [0.5, 0.6) is 0 Å². The van der Waals surface area contributed by atoms with Crippen molar-refractivity contribution in [2.75, 3.05) is 31.1 Å². The zero-order chi connectivity index (χ0) is 17.2. The second kappa shape index (κ2) is 6.55. The van der Waals surface area contributed by atoms with Gasteiger partial charge in [-0.25, -0.2) is 9.37 Å². The summed E-state index contributed by atoms with van der Waals surface area (Å²) in [5, 5.41) is 0. The zero-order valence-electron chi connectivity index (χ0n) is 13.8. The highest BCUT2D eigenvalue weighted by Gasteiger charge is 2.21. The molecule has 1 aliphatic rings. The van der Waals surface area contributed by atoms with E-state index in [2.05, 4.69) is 9.88 Å². The second-order valence-corrected chi connectivity index (χ2v) is 6.21. The van der Waals surface area contributed by atoms with Gasteiger partial charge in [-0.3, -0.25) is 4.79 Å². The second-order valence-electron chi connectivity index (χ2n) is 6.21. The molecule has 6 heteroatoms. The minimum atomic E-state index is -0.231. The Bertz CT molecular complexity index is 882. The SMILES string of the molecule is O=C(Cn1cnc2ccccc21)N1CCN(c2ccc(F)cc2)CC1. The lowest BCUT2D eigenvalue weighted by atomic mass is 10.2. The predicted octanol–water partition coefficient (Wildman–Crippen LogP) is 2.52. The van der Waals surface area contributed by atoms with Crippen LogP contribution in [0.25, 0.3) is 11.0 Å². The predicted molar refractivity (Wildman–Crippen MR) is 94.9 cm³/mol. The number of hydrogen-bond acceptors (Lipinski definition) is 3. The van der Waals surface area contributed by atoms with Gasteiger partial charge in [0.2, 0.25) is 5.91 Å². The number of para-hydroxylation sites is 2. The number of fused-ring (bicyclic) bond motifs is 1. The Morgan fingerprint density at radius 3 is 2.48 bits per heavy atom. The van der Waals surface area contributed by atoms with Crippen molar-refractivity contribution in [1.82, 2.24) is 14.5 Å². The molecule has 128 valence electrons. The average Bonchev–Trinajstić information content (AvgIpc) is 3.06. The third kappa shape index (κ3) is 3.20. The molecule has 25 heavy (non-hydrogen) atoms. The Balaban J connectivity index is 1.39. The van der Waals surface area contributed by atoms with Gasteiger partial charge in [0.25, 0.3) is 0 Å². The standard InChI is InChI=1S/C19H19FN4O/c20-15-5-7-16(8-6-15)22-9-11-23(12-10-22)19(25)13-24-14-21-17-3-1-2-4-18(17)24/h1-8,14H,9-13H2. The van der Waals surface area contributed by atoms with E-state index in [1.807, 2.05) is 33.7 Å². The fourth-order valence-electron chi connectivity index (χ4n) is 3.25. The van der Waals surface area contributed by atoms with Crippen LogP contribution in [-0.2, 0) is 11.3 Å². The van der Waals surface area contributed by atoms with Crippen LogP contribution in [-0.4, -0.2) is 46.5 Å². The van der Waals surface area contributed by atoms with Crippen LogP contribution >= 0.6 is 0 Å². The van der Waals surface area contributed by atoms with E-state index in [0.29, 0.717) is 19.6 Å². The topological polar surface area (TPSA) is 41.4 Å². The minimum absolute atomic E-state index is 0.0990. The molecule has 5 nitrogen and oxygen atoms in total. The summed E-state index contributed by atoms with van der Waals surface area (Å²) in [6.07, 6.45) is 1.72. The van der Waals surface area contributed by atoms with E-state index >= 15 is 0 Å². The highest BCUT2D eigenvalue weighted by molar-refractivity contribution is 5.80. The number of carbonyl (C=O) groups is 1. The summed E-state index contributed by atoms with van der Waals surface area (Å²) >= 11 is 0. The number of halogens is 1. The molecule has 1 saturated heterocycles. The van der Waals surface area contributed by atoms with E-state index in [-0.39, 0.29) is 11.7 Å². The van der Waals surface area contributed by atoms with E-state index in [0.717, 1.165) is 29.8 Å². The molecule has 0 bridgehead atoms. The van der Waals surface area contributed by atoms with Gasteiger partial charge in [-0.1, -0.05) is 12.1 Å². The minimum Gasteiger partial charge on any atom is -0.368 e. The lowest BCUT2D eigenvalue weighted by Crippen LogP contribution is -2.49. The number of nitrogens with zero attached hydrogens (tertiary/aromatic N) is 4. The first-order valence-corrected chi connectivity index (χ1v) is 8.39. The van der Waals surface area contributed by atoms with E-state index in [9.17, 15) is 9.18 Å². The molecule has 0 aliphatic carbocycles. The van der Waals surface area contributed by atoms with Crippen LogP contribution in [0.3, 0.4) is 0 Å². The first-order chi connectivity index (χ1) is 12.2. The summed E-state index contributed by atoms with van der Waals surface area (Å²) in [6.45, 7) is 3.15. The van der Waals surface area contributed by atoms with Crippen LogP contribution in [0.2, 0.25) is 0 Å². The van der Waals surface area contributed by atoms with Crippen molar-refractivity contribution in [3.8, 4) is 0 Å². The molecule has 2 aromatic carbocycles. The molecule has 1 fully saturated rings. The van der Waals surface area contributed by atoms with Gasteiger partial charge < -0.3 is 14.4 Å². The molecular formula is C19H19FN4O. The highest BCUT2D eigenvalue weighted by atomic mass is 19.1.